The maximum absolute atomic E-state index is 12.2. The second kappa shape index (κ2) is 7.25. The van der Waals surface area contributed by atoms with Gasteiger partial charge in [-0.2, -0.15) is 0 Å². The average molecular weight is 268 g/mol. The van der Waals surface area contributed by atoms with Gasteiger partial charge < -0.3 is 15.4 Å². The minimum Gasteiger partial charge on any atom is -0.381 e. The Hall–Kier alpha value is -0.610. The Bertz CT molecular complexity index is 284. The van der Waals surface area contributed by atoms with Crippen LogP contribution in [-0.2, 0) is 9.53 Å². The molecule has 1 saturated heterocycles. The van der Waals surface area contributed by atoms with Crippen molar-refractivity contribution in [2.45, 2.75) is 70.5 Å². The Morgan fingerprint density at radius 2 is 1.89 bits per heavy atom. The Kier molecular flexibility index (Phi) is 5.64. The van der Waals surface area contributed by atoms with Crippen molar-refractivity contribution in [1.29, 1.82) is 0 Å². The zero-order chi connectivity index (χ0) is 13.7. The summed E-state index contributed by atoms with van der Waals surface area (Å²) in [6, 6.07) is 0.628. The fourth-order valence-corrected chi connectivity index (χ4v) is 3.13. The van der Waals surface area contributed by atoms with Crippen LogP contribution < -0.4 is 10.6 Å². The van der Waals surface area contributed by atoms with Gasteiger partial charge in [0, 0.05) is 18.7 Å². The third kappa shape index (κ3) is 4.46. The van der Waals surface area contributed by atoms with Crippen molar-refractivity contribution in [3.63, 3.8) is 0 Å². The first-order chi connectivity index (χ1) is 9.16. The second-order valence-corrected chi connectivity index (χ2v) is 6.14. The van der Waals surface area contributed by atoms with Crippen LogP contribution in [0.3, 0.4) is 0 Å². The molecule has 2 fully saturated rings. The summed E-state index contributed by atoms with van der Waals surface area (Å²) in [7, 11) is 0. The standard InChI is InChI=1S/C15H28N2O2/c1-11(13-8-9-19-10-13)16-12(2)15(18)17-14-6-4-3-5-7-14/h11-14,16H,3-10H2,1-2H3,(H,17,18). The first-order valence-corrected chi connectivity index (χ1v) is 7.81. The molecular formula is C15H28N2O2. The summed E-state index contributed by atoms with van der Waals surface area (Å²) in [5, 5.41) is 6.60. The molecule has 0 spiro atoms. The van der Waals surface area contributed by atoms with Crippen molar-refractivity contribution in [2.24, 2.45) is 5.92 Å². The molecule has 0 aromatic heterocycles. The first kappa shape index (κ1) is 14.8. The third-order valence-corrected chi connectivity index (χ3v) is 4.53. The summed E-state index contributed by atoms with van der Waals surface area (Å²) >= 11 is 0. The van der Waals surface area contributed by atoms with E-state index in [1.807, 2.05) is 6.92 Å². The van der Waals surface area contributed by atoms with E-state index in [4.69, 9.17) is 4.74 Å². The number of carbonyl (C=O) groups is 1. The maximum Gasteiger partial charge on any atom is 0.237 e. The topological polar surface area (TPSA) is 50.4 Å². The lowest BCUT2D eigenvalue weighted by molar-refractivity contribution is -0.123. The summed E-state index contributed by atoms with van der Waals surface area (Å²) in [5.74, 6) is 0.697. The van der Waals surface area contributed by atoms with Gasteiger partial charge >= 0.3 is 0 Å². The zero-order valence-corrected chi connectivity index (χ0v) is 12.3. The van der Waals surface area contributed by atoms with Gasteiger partial charge in [0.05, 0.1) is 12.6 Å². The van der Waals surface area contributed by atoms with E-state index in [9.17, 15) is 4.79 Å². The molecule has 1 aliphatic carbocycles. The number of ether oxygens (including phenoxy) is 1. The molecule has 19 heavy (non-hydrogen) atoms. The Morgan fingerprint density at radius 3 is 2.53 bits per heavy atom. The lowest BCUT2D eigenvalue weighted by atomic mass is 9.95. The summed E-state index contributed by atoms with van der Waals surface area (Å²) in [5.41, 5.74) is 0. The van der Waals surface area contributed by atoms with E-state index in [0.29, 0.717) is 18.0 Å². The quantitative estimate of drug-likeness (QED) is 0.800. The Morgan fingerprint density at radius 1 is 1.16 bits per heavy atom. The summed E-state index contributed by atoms with van der Waals surface area (Å²) in [6.07, 6.45) is 7.21. The smallest absolute Gasteiger partial charge is 0.237 e. The Labute approximate surface area is 116 Å². The number of amides is 1. The van der Waals surface area contributed by atoms with Crippen molar-refractivity contribution >= 4 is 5.91 Å². The van der Waals surface area contributed by atoms with Crippen LogP contribution in [0.2, 0.25) is 0 Å². The minimum atomic E-state index is -0.113. The average Bonchev–Trinajstić information content (AvgIpc) is 2.93. The number of rotatable bonds is 5. The predicted octanol–water partition coefficient (Wildman–Crippen LogP) is 1.84. The van der Waals surface area contributed by atoms with E-state index in [2.05, 4.69) is 17.6 Å². The molecule has 1 heterocycles. The normalized spacial score (nSPS) is 28.0. The highest BCUT2D eigenvalue weighted by Crippen LogP contribution is 2.18. The number of nitrogens with one attached hydrogen (secondary N) is 2. The molecule has 4 heteroatoms. The van der Waals surface area contributed by atoms with Gasteiger partial charge in [0.15, 0.2) is 0 Å². The molecule has 1 aliphatic heterocycles. The van der Waals surface area contributed by atoms with E-state index in [1.165, 1.54) is 19.3 Å². The van der Waals surface area contributed by atoms with Crippen LogP contribution >= 0.6 is 0 Å². The molecule has 3 unspecified atom stereocenters. The van der Waals surface area contributed by atoms with Crippen molar-refractivity contribution < 1.29 is 9.53 Å². The summed E-state index contributed by atoms with van der Waals surface area (Å²) < 4.78 is 5.40. The van der Waals surface area contributed by atoms with Crippen LogP contribution in [0, 0.1) is 5.92 Å². The van der Waals surface area contributed by atoms with Crippen molar-refractivity contribution in [3.05, 3.63) is 0 Å². The molecule has 0 bridgehead atoms. The lowest BCUT2D eigenvalue weighted by Crippen LogP contribution is -2.50. The number of hydrogen-bond donors (Lipinski definition) is 2. The molecule has 0 aromatic carbocycles. The van der Waals surface area contributed by atoms with E-state index in [0.717, 1.165) is 32.5 Å². The molecule has 1 amide bonds. The Balaban J connectivity index is 1.71. The van der Waals surface area contributed by atoms with E-state index < -0.39 is 0 Å². The third-order valence-electron chi connectivity index (χ3n) is 4.53. The molecule has 3 atom stereocenters. The highest BCUT2D eigenvalue weighted by molar-refractivity contribution is 5.81. The number of carbonyl (C=O) groups excluding carboxylic acids is 1. The monoisotopic (exact) mass is 268 g/mol. The molecule has 110 valence electrons. The van der Waals surface area contributed by atoms with E-state index in [-0.39, 0.29) is 11.9 Å². The highest BCUT2D eigenvalue weighted by Gasteiger charge is 2.26. The zero-order valence-electron chi connectivity index (χ0n) is 12.3. The molecule has 0 aromatic rings. The molecule has 2 N–H and O–H groups in total. The van der Waals surface area contributed by atoms with E-state index in [1.54, 1.807) is 0 Å². The van der Waals surface area contributed by atoms with Gasteiger partial charge in [-0.1, -0.05) is 19.3 Å². The van der Waals surface area contributed by atoms with Gasteiger partial charge in [0.1, 0.15) is 0 Å². The SMILES string of the molecule is CC(NC(C)C1CCOC1)C(=O)NC1CCCCC1. The van der Waals surface area contributed by atoms with Crippen LogP contribution in [-0.4, -0.2) is 37.2 Å². The molecule has 2 rings (SSSR count). The van der Waals surface area contributed by atoms with Gasteiger partial charge in [-0.05, 0) is 39.0 Å². The van der Waals surface area contributed by atoms with Gasteiger partial charge in [-0.3, -0.25) is 4.79 Å². The second-order valence-electron chi connectivity index (χ2n) is 6.14. The largest absolute Gasteiger partial charge is 0.381 e. The van der Waals surface area contributed by atoms with Crippen LogP contribution in [0.15, 0.2) is 0 Å². The highest BCUT2D eigenvalue weighted by atomic mass is 16.5. The van der Waals surface area contributed by atoms with Gasteiger partial charge in [0.2, 0.25) is 5.91 Å². The summed E-state index contributed by atoms with van der Waals surface area (Å²) in [6.45, 7) is 5.80. The van der Waals surface area contributed by atoms with Crippen LogP contribution in [0.25, 0.3) is 0 Å². The van der Waals surface area contributed by atoms with Gasteiger partial charge in [0.25, 0.3) is 0 Å². The van der Waals surface area contributed by atoms with Crippen LogP contribution in [0.4, 0.5) is 0 Å². The molecule has 1 saturated carbocycles. The van der Waals surface area contributed by atoms with Crippen LogP contribution in [0.1, 0.15) is 52.4 Å². The lowest BCUT2D eigenvalue weighted by Gasteiger charge is -2.27. The maximum atomic E-state index is 12.2. The molecular weight excluding hydrogens is 240 g/mol. The van der Waals surface area contributed by atoms with Crippen molar-refractivity contribution in [1.82, 2.24) is 10.6 Å². The van der Waals surface area contributed by atoms with Crippen molar-refractivity contribution in [2.75, 3.05) is 13.2 Å². The minimum absolute atomic E-state index is 0.113. The fraction of sp³-hybridized carbons (Fsp3) is 0.933. The predicted molar refractivity (Wildman–Crippen MR) is 76.0 cm³/mol. The van der Waals surface area contributed by atoms with Gasteiger partial charge in [-0.15, -0.1) is 0 Å². The van der Waals surface area contributed by atoms with Crippen LogP contribution in [0.5, 0.6) is 0 Å². The van der Waals surface area contributed by atoms with Crippen molar-refractivity contribution in [3.8, 4) is 0 Å². The van der Waals surface area contributed by atoms with Gasteiger partial charge in [-0.25, -0.2) is 0 Å². The fourth-order valence-electron chi connectivity index (χ4n) is 3.13. The molecule has 2 aliphatic rings. The number of hydrogen-bond acceptors (Lipinski definition) is 3. The van der Waals surface area contributed by atoms with E-state index >= 15 is 0 Å². The molecule has 4 nitrogen and oxygen atoms in total. The summed E-state index contributed by atoms with van der Waals surface area (Å²) in [4.78, 5) is 12.2. The first-order valence-electron chi connectivity index (χ1n) is 7.81. The molecule has 0 radical (unpaired) electrons.